The Labute approximate surface area is 95.4 Å². The molecule has 1 aromatic rings. The van der Waals surface area contributed by atoms with Crippen molar-refractivity contribution in [1.29, 1.82) is 0 Å². The lowest BCUT2D eigenvalue weighted by Gasteiger charge is -2.23. The SMILES string of the molecule is COC(C1CC1)C(N)c1ccccc1Cl. The zero-order valence-electron chi connectivity index (χ0n) is 8.82. The van der Waals surface area contributed by atoms with Crippen LogP contribution in [-0.4, -0.2) is 13.2 Å². The summed E-state index contributed by atoms with van der Waals surface area (Å²) >= 11 is 6.11. The lowest BCUT2D eigenvalue weighted by Crippen LogP contribution is -2.30. The molecule has 2 unspecified atom stereocenters. The smallest absolute Gasteiger partial charge is 0.0792 e. The van der Waals surface area contributed by atoms with Gasteiger partial charge in [-0.05, 0) is 30.4 Å². The van der Waals surface area contributed by atoms with E-state index in [2.05, 4.69) is 0 Å². The summed E-state index contributed by atoms with van der Waals surface area (Å²) in [5.74, 6) is 0.612. The number of nitrogens with two attached hydrogens (primary N) is 1. The molecule has 1 aliphatic rings. The maximum Gasteiger partial charge on any atom is 0.0792 e. The molecule has 82 valence electrons. The number of hydrogen-bond donors (Lipinski definition) is 1. The van der Waals surface area contributed by atoms with Gasteiger partial charge in [0.05, 0.1) is 12.1 Å². The van der Waals surface area contributed by atoms with Gasteiger partial charge in [0.2, 0.25) is 0 Å². The molecular formula is C12H16ClNO. The van der Waals surface area contributed by atoms with Crippen molar-refractivity contribution in [1.82, 2.24) is 0 Å². The largest absolute Gasteiger partial charge is 0.379 e. The topological polar surface area (TPSA) is 35.2 Å². The number of halogens is 1. The number of rotatable bonds is 4. The maximum atomic E-state index is 6.18. The molecule has 2 nitrogen and oxygen atoms in total. The number of hydrogen-bond acceptors (Lipinski definition) is 2. The first-order valence-corrected chi connectivity index (χ1v) is 5.64. The van der Waals surface area contributed by atoms with E-state index in [1.165, 1.54) is 12.8 Å². The molecular weight excluding hydrogens is 210 g/mol. The number of benzene rings is 1. The van der Waals surface area contributed by atoms with Crippen LogP contribution >= 0.6 is 11.6 Å². The Kier molecular flexibility index (Phi) is 3.29. The molecule has 1 aromatic carbocycles. The van der Waals surface area contributed by atoms with Crippen molar-refractivity contribution in [3.05, 3.63) is 34.9 Å². The molecule has 0 heterocycles. The van der Waals surface area contributed by atoms with Crippen molar-refractivity contribution in [2.45, 2.75) is 25.0 Å². The minimum atomic E-state index is -0.115. The first kappa shape index (κ1) is 10.9. The molecule has 0 saturated heterocycles. The number of ether oxygens (including phenoxy) is 1. The third-order valence-electron chi connectivity index (χ3n) is 2.98. The summed E-state index contributed by atoms with van der Waals surface area (Å²) in [6, 6.07) is 7.60. The third-order valence-corrected chi connectivity index (χ3v) is 3.32. The summed E-state index contributed by atoms with van der Waals surface area (Å²) in [7, 11) is 1.72. The van der Waals surface area contributed by atoms with Crippen molar-refractivity contribution in [2.24, 2.45) is 11.7 Å². The zero-order valence-corrected chi connectivity index (χ0v) is 9.58. The fourth-order valence-electron chi connectivity index (χ4n) is 1.98. The minimum Gasteiger partial charge on any atom is -0.379 e. The fraction of sp³-hybridized carbons (Fsp3) is 0.500. The van der Waals surface area contributed by atoms with Crippen LogP contribution in [0.3, 0.4) is 0 Å². The Balaban J connectivity index is 2.18. The predicted molar refractivity (Wildman–Crippen MR) is 61.9 cm³/mol. The van der Waals surface area contributed by atoms with Crippen LogP contribution in [0.2, 0.25) is 5.02 Å². The molecule has 0 amide bonds. The van der Waals surface area contributed by atoms with E-state index in [-0.39, 0.29) is 12.1 Å². The Bertz CT molecular complexity index is 338. The minimum absolute atomic E-state index is 0.102. The highest BCUT2D eigenvalue weighted by Crippen LogP contribution is 2.39. The Morgan fingerprint density at radius 3 is 2.60 bits per heavy atom. The highest BCUT2D eigenvalue weighted by atomic mass is 35.5. The predicted octanol–water partition coefficient (Wildman–Crippen LogP) is 2.76. The van der Waals surface area contributed by atoms with Gasteiger partial charge in [0.1, 0.15) is 0 Å². The Morgan fingerprint density at radius 1 is 1.40 bits per heavy atom. The standard InChI is InChI=1S/C12H16ClNO/c1-15-12(8-6-7-8)11(14)9-4-2-3-5-10(9)13/h2-5,8,11-12H,6-7,14H2,1H3. The van der Waals surface area contributed by atoms with Gasteiger partial charge in [0.25, 0.3) is 0 Å². The van der Waals surface area contributed by atoms with Crippen LogP contribution < -0.4 is 5.73 Å². The second kappa shape index (κ2) is 4.52. The quantitative estimate of drug-likeness (QED) is 0.855. The molecule has 1 fully saturated rings. The van der Waals surface area contributed by atoms with E-state index >= 15 is 0 Å². The Morgan fingerprint density at radius 2 is 2.07 bits per heavy atom. The third kappa shape index (κ3) is 2.33. The molecule has 3 heteroatoms. The van der Waals surface area contributed by atoms with Gasteiger partial charge >= 0.3 is 0 Å². The molecule has 2 N–H and O–H groups in total. The van der Waals surface area contributed by atoms with E-state index in [1.807, 2.05) is 24.3 Å². The zero-order chi connectivity index (χ0) is 10.8. The van der Waals surface area contributed by atoms with Crippen LogP contribution in [0.5, 0.6) is 0 Å². The van der Waals surface area contributed by atoms with Gasteiger partial charge in [-0.2, -0.15) is 0 Å². The number of methoxy groups -OCH3 is 1. The summed E-state index contributed by atoms with van der Waals surface area (Å²) in [6.07, 6.45) is 2.54. The van der Waals surface area contributed by atoms with Gasteiger partial charge in [-0.25, -0.2) is 0 Å². The van der Waals surface area contributed by atoms with E-state index in [4.69, 9.17) is 22.1 Å². The highest BCUT2D eigenvalue weighted by Gasteiger charge is 2.36. The molecule has 0 aromatic heterocycles. The second-order valence-electron chi connectivity index (χ2n) is 4.09. The molecule has 0 bridgehead atoms. The van der Waals surface area contributed by atoms with Crippen LogP contribution in [-0.2, 0) is 4.74 Å². The second-order valence-corrected chi connectivity index (χ2v) is 4.49. The van der Waals surface area contributed by atoms with Crippen LogP contribution in [0, 0.1) is 5.92 Å². The van der Waals surface area contributed by atoms with Crippen molar-refractivity contribution >= 4 is 11.6 Å². The monoisotopic (exact) mass is 225 g/mol. The first-order valence-electron chi connectivity index (χ1n) is 5.27. The first-order chi connectivity index (χ1) is 7.24. The van der Waals surface area contributed by atoms with Gasteiger partial charge in [-0.15, -0.1) is 0 Å². The fourth-order valence-corrected chi connectivity index (χ4v) is 2.24. The van der Waals surface area contributed by atoms with Gasteiger partial charge in [0.15, 0.2) is 0 Å². The van der Waals surface area contributed by atoms with Crippen molar-refractivity contribution in [3.63, 3.8) is 0 Å². The van der Waals surface area contributed by atoms with E-state index in [9.17, 15) is 0 Å². The van der Waals surface area contributed by atoms with Crippen LogP contribution in [0.1, 0.15) is 24.4 Å². The van der Waals surface area contributed by atoms with E-state index < -0.39 is 0 Å². The van der Waals surface area contributed by atoms with Gasteiger partial charge in [-0.1, -0.05) is 29.8 Å². The summed E-state index contributed by atoms with van der Waals surface area (Å²) < 4.78 is 5.46. The average molecular weight is 226 g/mol. The maximum absolute atomic E-state index is 6.18. The summed E-state index contributed by atoms with van der Waals surface area (Å²) in [5, 5.41) is 0.729. The molecule has 1 aliphatic carbocycles. The van der Waals surface area contributed by atoms with E-state index in [0.29, 0.717) is 5.92 Å². The molecule has 0 spiro atoms. The van der Waals surface area contributed by atoms with Crippen LogP contribution in [0.4, 0.5) is 0 Å². The normalized spacial score (nSPS) is 19.9. The van der Waals surface area contributed by atoms with Gasteiger partial charge in [-0.3, -0.25) is 0 Å². The molecule has 2 rings (SSSR count). The average Bonchev–Trinajstić information content (AvgIpc) is 3.03. The summed E-state index contributed by atoms with van der Waals surface area (Å²) in [4.78, 5) is 0. The van der Waals surface area contributed by atoms with Crippen molar-refractivity contribution in [2.75, 3.05) is 7.11 Å². The molecule has 15 heavy (non-hydrogen) atoms. The molecule has 0 radical (unpaired) electrons. The molecule has 2 atom stereocenters. The van der Waals surface area contributed by atoms with Crippen molar-refractivity contribution in [3.8, 4) is 0 Å². The Hall–Kier alpha value is -0.570. The van der Waals surface area contributed by atoms with Crippen molar-refractivity contribution < 1.29 is 4.74 Å². The molecule has 0 aliphatic heterocycles. The van der Waals surface area contributed by atoms with Gasteiger partial charge < -0.3 is 10.5 Å². The van der Waals surface area contributed by atoms with Crippen LogP contribution in [0.25, 0.3) is 0 Å². The highest BCUT2D eigenvalue weighted by molar-refractivity contribution is 6.31. The van der Waals surface area contributed by atoms with Gasteiger partial charge in [0, 0.05) is 12.1 Å². The van der Waals surface area contributed by atoms with Crippen LogP contribution in [0.15, 0.2) is 24.3 Å². The van der Waals surface area contributed by atoms with E-state index in [1.54, 1.807) is 7.11 Å². The van der Waals surface area contributed by atoms with E-state index in [0.717, 1.165) is 10.6 Å². The lowest BCUT2D eigenvalue weighted by molar-refractivity contribution is 0.0624. The summed E-state index contributed by atoms with van der Waals surface area (Å²) in [5.41, 5.74) is 7.17. The molecule has 1 saturated carbocycles. The summed E-state index contributed by atoms with van der Waals surface area (Å²) in [6.45, 7) is 0. The lowest BCUT2D eigenvalue weighted by atomic mass is 9.99.